The molecule has 1 atom stereocenters. The lowest BCUT2D eigenvalue weighted by Gasteiger charge is -2.23. The highest BCUT2D eigenvalue weighted by atomic mass is 35.5. The monoisotopic (exact) mass is 283 g/mol. The van der Waals surface area contributed by atoms with Crippen LogP contribution in [0.1, 0.15) is 19.8 Å². The number of carbonyl (C=O) groups excluding carboxylic acids is 1. The highest BCUT2D eigenvalue weighted by Crippen LogP contribution is 2.28. The Morgan fingerprint density at radius 2 is 2.32 bits per heavy atom. The van der Waals surface area contributed by atoms with Crippen LogP contribution >= 0.6 is 11.6 Å². The molecule has 0 aromatic heterocycles. The number of halogens is 1. The molecule has 2 rings (SSSR count). The van der Waals surface area contributed by atoms with Crippen molar-refractivity contribution in [3.63, 3.8) is 0 Å². The van der Waals surface area contributed by atoms with E-state index in [1.54, 1.807) is 0 Å². The van der Waals surface area contributed by atoms with E-state index in [1.165, 1.54) is 18.2 Å². The lowest BCUT2D eigenvalue weighted by Crippen LogP contribution is -2.48. The van der Waals surface area contributed by atoms with E-state index in [4.69, 9.17) is 11.6 Å². The molecular formula is C12H14ClN3O3. The number of carbonyl (C=O) groups is 1. The molecule has 1 fully saturated rings. The van der Waals surface area contributed by atoms with E-state index in [1.807, 2.05) is 6.92 Å². The summed E-state index contributed by atoms with van der Waals surface area (Å²) in [7, 11) is 0. The molecule has 1 aromatic carbocycles. The number of rotatable bonds is 3. The molecule has 1 aliphatic rings. The van der Waals surface area contributed by atoms with E-state index in [-0.39, 0.29) is 16.6 Å². The Morgan fingerprint density at radius 3 is 2.84 bits per heavy atom. The first-order valence-electron chi connectivity index (χ1n) is 5.93. The molecule has 7 heteroatoms. The van der Waals surface area contributed by atoms with Crippen molar-refractivity contribution in [2.45, 2.75) is 25.3 Å². The Labute approximate surface area is 115 Å². The van der Waals surface area contributed by atoms with E-state index in [0.717, 1.165) is 19.4 Å². The van der Waals surface area contributed by atoms with Crippen LogP contribution in [-0.2, 0) is 4.79 Å². The predicted molar refractivity (Wildman–Crippen MR) is 72.4 cm³/mol. The number of benzene rings is 1. The van der Waals surface area contributed by atoms with Crippen molar-refractivity contribution in [1.29, 1.82) is 0 Å². The molecule has 6 nitrogen and oxygen atoms in total. The van der Waals surface area contributed by atoms with Crippen LogP contribution in [-0.4, -0.2) is 22.9 Å². The third-order valence-electron chi connectivity index (χ3n) is 3.28. The average molecular weight is 284 g/mol. The van der Waals surface area contributed by atoms with Gasteiger partial charge in [-0.2, -0.15) is 0 Å². The van der Waals surface area contributed by atoms with Crippen LogP contribution in [0.15, 0.2) is 18.2 Å². The van der Waals surface area contributed by atoms with Crippen molar-refractivity contribution >= 4 is 28.9 Å². The molecule has 1 heterocycles. The molecule has 19 heavy (non-hydrogen) atoms. The van der Waals surface area contributed by atoms with E-state index >= 15 is 0 Å². The number of non-ortho nitro benzene ring substituents is 1. The van der Waals surface area contributed by atoms with E-state index in [2.05, 4.69) is 10.6 Å². The number of nitro groups is 1. The smallest absolute Gasteiger partial charge is 0.271 e. The first-order valence-corrected chi connectivity index (χ1v) is 6.30. The molecule has 1 aliphatic heterocycles. The number of hydrogen-bond donors (Lipinski definition) is 2. The van der Waals surface area contributed by atoms with Gasteiger partial charge in [0.15, 0.2) is 0 Å². The molecular weight excluding hydrogens is 270 g/mol. The van der Waals surface area contributed by atoms with E-state index < -0.39 is 10.5 Å². The van der Waals surface area contributed by atoms with Crippen LogP contribution in [0.2, 0.25) is 5.02 Å². The molecule has 0 aliphatic carbocycles. The van der Waals surface area contributed by atoms with Gasteiger partial charge in [0.1, 0.15) is 0 Å². The largest absolute Gasteiger partial charge is 0.323 e. The molecule has 1 unspecified atom stereocenters. The second-order valence-corrected chi connectivity index (χ2v) is 5.15. The summed E-state index contributed by atoms with van der Waals surface area (Å²) in [4.78, 5) is 22.2. The third-order valence-corrected chi connectivity index (χ3v) is 3.59. The minimum absolute atomic E-state index is 0.104. The molecule has 1 amide bonds. The second-order valence-electron chi connectivity index (χ2n) is 4.74. The summed E-state index contributed by atoms with van der Waals surface area (Å²) in [5.74, 6) is -0.180. The Balaban J connectivity index is 2.15. The first-order chi connectivity index (χ1) is 8.92. The van der Waals surface area contributed by atoms with Crippen LogP contribution in [0.5, 0.6) is 0 Å². The maximum atomic E-state index is 12.1. The van der Waals surface area contributed by atoms with E-state index in [9.17, 15) is 14.9 Å². The fraction of sp³-hybridized carbons (Fsp3) is 0.417. The van der Waals surface area contributed by atoms with Crippen LogP contribution in [0, 0.1) is 10.1 Å². The summed E-state index contributed by atoms with van der Waals surface area (Å²) < 4.78 is 0. The fourth-order valence-electron chi connectivity index (χ4n) is 2.07. The zero-order valence-electron chi connectivity index (χ0n) is 10.4. The van der Waals surface area contributed by atoms with Crippen molar-refractivity contribution in [3.8, 4) is 0 Å². The van der Waals surface area contributed by atoms with Gasteiger partial charge in [-0.25, -0.2) is 0 Å². The SMILES string of the molecule is CC1(C(=O)Nc2ccc([N+](=O)[O-])cc2Cl)CCCN1. The van der Waals surface area contributed by atoms with Crippen molar-refractivity contribution < 1.29 is 9.72 Å². The van der Waals surface area contributed by atoms with Gasteiger partial charge < -0.3 is 10.6 Å². The quantitative estimate of drug-likeness (QED) is 0.659. The number of nitro benzene ring substituents is 1. The Bertz CT molecular complexity index is 527. The zero-order chi connectivity index (χ0) is 14.0. The molecule has 102 valence electrons. The van der Waals surface area contributed by atoms with Crippen molar-refractivity contribution in [2.24, 2.45) is 0 Å². The second kappa shape index (κ2) is 5.14. The van der Waals surface area contributed by atoms with Gasteiger partial charge in [0.25, 0.3) is 5.69 Å². The highest BCUT2D eigenvalue weighted by Gasteiger charge is 2.36. The molecule has 2 N–H and O–H groups in total. The van der Waals surface area contributed by atoms with Crippen LogP contribution < -0.4 is 10.6 Å². The topological polar surface area (TPSA) is 84.3 Å². The Kier molecular flexibility index (Phi) is 3.73. The maximum absolute atomic E-state index is 12.1. The summed E-state index contributed by atoms with van der Waals surface area (Å²) in [6, 6.07) is 3.98. The summed E-state index contributed by atoms with van der Waals surface area (Å²) in [5, 5.41) is 16.6. The number of nitrogens with zero attached hydrogens (tertiary/aromatic N) is 1. The van der Waals surface area contributed by atoms with Crippen LogP contribution in [0.25, 0.3) is 0 Å². The summed E-state index contributed by atoms with van der Waals surface area (Å²) in [6.45, 7) is 2.63. The molecule has 0 bridgehead atoms. The molecule has 0 saturated carbocycles. The molecule has 1 saturated heterocycles. The first kappa shape index (κ1) is 13.8. The lowest BCUT2D eigenvalue weighted by molar-refractivity contribution is -0.384. The standard InChI is InChI=1S/C12H14ClN3O3/c1-12(5-2-6-14-12)11(17)15-10-4-3-8(16(18)19)7-9(10)13/h3-4,7,14H,2,5-6H2,1H3,(H,15,17). The molecule has 0 radical (unpaired) electrons. The Morgan fingerprint density at radius 1 is 1.58 bits per heavy atom. The van der Waals surface area contributed by atoms with Crippen LogP contribution in [0.3, 0.4) is 0 Å². The van der Waals surface area contributed by atoms with Crippen molar-refractivity contribution in [3.05, 3.63) is 33.3 Å². The van der Waals surface area contributed by atoms with Gasteiger partial charge in [-0.05, 0) is 32.4 Å². The van der Waals surface area contributed by atoms with Crippen molar-refractivity contribution in [1.82, 2.24) is 5.32 Å². The average Bonchev–Trinajstić information content (AvgIpc) is 2.80. The number of amides is 1. The van der Waals surface area contributed by atoms with E-state index in [0.29, 0.717) is 5.69 Å². The molecule has 0 spiro atoms. The van der Waals surface area contributed by atoms with Crippen molar-refractivity contribution in [2.75, 3.05) is 11.9 Å². The predicted octanol–water partition coefficient (Wildman–Crippen LogP) is 2.33. The minimum atomic E-state index is -0.606. The van der Waals surface area contributed by atoms with Gasteiger partial charge in [-0.15, -0.1) is 0 Å². The Hall–Kier alpha value is -1.66. The summed E-state index contributed by atoms with van der Waals surface area (Å²) in [5.41, 5.74) is -0.328. The normalized spacial score (nSPS) is 22.2. The fourth-order valence-corrected chi connectivity index (χ4v) is 2.29. The van der Waals surface area contributed by atoms with Gasteiger partial charge in [0, 0.05) is 12.1 Å². The lowest BCUT2D eigenvalue weighted by atomic mass is 9.99. The van der Waals surface area contributed by atoms with Gasteiger partial charge >= 0.3 is 0 Å². The van der Waals surface area contributed by atoms with Gasteiger partial charge in [0.05, 0.1) is 21.2 Å². The number of anilines is 1. The number of nitrogens with one attached hydrogen (secondary N) is 2. The third kappa shape index (κ3) is 2.85. The zero-order valence-corrected chi connectivity index (χ0v) is 11.2. The highest BCUT2D eigenvalue weighted by molar-refractivity contribution is 6.34. The number of hydrogen-bond acceptors (Lipinski definition) is 4. The molecule has 1 aromatic rings. The van der Waals surface area contributed by atoms with Gasteiger partial charge in [0.2, 0.25) is 5.91 Å². The van der Waals surface area contributed by atoms with Gasteiger partial charge in [-0.3, -0.25) is 14.9 Å². The summed E-state index contributed by atoms with van der Waals surface area (Å²) in [6.07, 6.45) is 1.70. The minimum Gasteiger partial charge on any atom is -0.323 e. The van der Waals surface area contributed by atoms with Gasteiger partial charge in [-0.1, -0.05) is 11.6 Å². The summed E-state index contributed by atoms with van der Waals surface area (Å²) >= 11 is 5.93. The van der Waals surface area contributed by atoms with Crippen LogP contribution in [0.4, 0.5) is 11.4 Å². The maximum Gasteiger partial charge on any atom is 0.271 e.